The second-order valence-electron chi connectivity index (χ2n) is 4.93. The molecule has 2 aromatic carbocycles. The molecule has 2 rings (SSSR count). The largest absolute Gasteiger partial charge is 0.356 e. The van der Waals surface area contributed by atoms with Gasteiger partial charge >= 0.3 is 0 Å². The van der Waals surface area contributed by atoms with Crippen LogP contribution in [0.1, 0.15) is 11.1 Å². The first-order chi connectivity index (χ1) is 11.1. The van der Waals surface area contributed by atoms with Crippen LogP contribution in [0.15, 0.2) is 47.5 Å². The van der Waals surface area contributed by atoms with Gasteiger partial charge in [0.1, 0.15) is 17.5 Å². The minimum Gasteiger partial charge on any atom is -0.356 e. The van der Waals surface area contributed by atoms with Crippen molar-refractivity contribution in [2.45, 2.75) is 13.0 Å². The third kappa shape index (κ3) is 5.02. The van der Waals surface area contributed by atoms with Gasteiger partial charge in [-0.25, -0.2) is 13.2 Å². The van der Waals surface area contributed by atoms with Gasteiger partial charge in [0.15, 0.2) is 5.96 Å². The Morgan fingerprint density at radius 2 is 1.70 bits per heavy atom. The summed E-state index contributed by atoms with van der Waals surface area (Å²) in [4.78, 5) is 3.99. The van der Waals surface area contributed by atoms with Crippen LogP contribution in [0.25, 0.3) is 0 Å². The van der Waals surface area contributed by atoms with Crippen LogP contribution in [0.4, 0.5) is 13.2 Å². The summed E-state index contributed by atoms with van der Waals surface area (Å²) in [6.07, 6.45) is 0.488. The lowest BCUT2D eigenvalue weighted by Crippen LogP contribution is -2.38. The molecule has 0 saturated heterocycles. The van der Waals surface area contributed by atoms with Gasteiger partial charge < -0.3 is 10.6 Å². The van der Waals surface area contributed by atoms with E-state index in [2.05, 4.69) is 15.6 Å². The fraction of sp³-hybridized carbons (Fsp3) is 0.235. The van der Waals surface area contributed by atoms with E-state index in [1.165, 1.54) is 6.07 Å². The molecule has 0 radical (unpaired) electrons. The molecule has 3 nitrogen and oxygen atoms in total. The highest BCUT2D eigenvalue weighted by molar-refractivity contribution is 5.79. The van der Waals surface area contributed by atoms with E-state index in [0.717, 1.165) is 18.2 Å². The van der Waals surface area contributed by atoms with Crippen LogP contribution in [0.5, 0.6) is 0 Å². The summed E-state index contributed by atoms with van der Waals surface area (Å²) in [5, 5.41) is 5.90. The molecule has 0 amide bonds. The van der Waals surface area contributed by atoms with E-state index in [1.54, 1.807) is 25.2 Å². The fourth-order valence-electron chi connectivity index (χ4n) is 2.10. The molecule has 0 spiro atoms. The Kier molecular flexibility index (Phi) is 6.02. The van der Waals surface area contributed by atoms with Crippen molar-refractivity contribution in [1.82, 2.24) is 10.6 Å². The average Bonchev–Trinajstić information content (AvgIpc) is 2.55. The van der Waals surface area contributed by atoms with Crippen LogP contribution in [-0.4, -0.2) is 19.6 Å². The molecule has 0 fully saturated rings. The monoisotopic (exact) mass is 321 g/mol. The van der Waals surface area contributed by atoms with Crippen molar-refractivity contribution < 1.29 is 13.2 Å². The highest BCUT2D eigenvalue weighted by Gasteiger charge is 2.06. The summed E-state index contributed by atoms with van der Waals surface area (Å²) >= 11 is 0. The molecule has 2 aromatic rings. The first-order valence-electron chi connectivity index (χ1n) is 7.22. The number of hydrogen-bond donors (Lipinski definition) is 2. The molecule has 0 unspecified atom stereocenters. The Bertz CT molecular complexity index is 687. The minimum atomic E-state index is -0.495. The number of nitrogens with one attached hydrogen (secondary N) is 2. The molecule has 0 atom stereocenters. The van der Waals surface area contributed by atoms with Gasteiger partial charge in [0, 0.05) is 25.7 Å². The van der Waals surface area contributed by atoms with Crippen LogP contribution in [0.2, 0.25) is 0 Å². The molecule has 2 N–H and O–H groups in total. The molecule has 0 heterocycles. The predicted octanol–water partition coefficient (Wildman–Crippen LogP) is 3.01. The lowest BCUT2D eigenvalue weighted by Gasteiger charge is -2.12. The van der Waals surface area contributed by atoms with Gasteiger partial charge in [-0.1, -0.05) is 18.2 Å². The molecule has 0 aromatic heterocycles. The molecule has 0 saturated carbocycles. The lowest BCUT2D eigenvalue weighted by molar-refractivity contribution is 0.581. The molecular formula is C17H18F3N3. The average molecular weight is 321 g/mol. The fourth-order valence-corrected chi connectivity index (χ4v) is 2.10. The molecule has 122 valence electrons. The maximum atomic E-state index is 13.5. The van der Waals surface area contributed by atoms with Gasteiger partial charge in [-0.15, -0.1) is 0 Å². The number of rotatable bonds is 5. The number of nitrogens with zero attached hydrogens (tertiary/aromatic N) is 1. The molecule has 6 heteroatoms. The summed E-state index contributed by atoms with van der Waals surface area (Å²) in [5.41, 5.74) is 0.814. The number of benzene rings is 2. The first kappa shape index (κ1) is 16.9. The predicted molar refractivity (Wildman–Crippen MR) is 84.7 cm³/mol. The van der Waals surface area contributed by atoms with Crippen LogP contribution >= 0.6 is 0 Å². The second-order valence-corrected chi connectivity index (χ2v) is 4.93. The van der Waals surface area contributed by atoms with Crippen molar-refractivity contribution in [1.29, 1.82) is 0 Å². The molecule has 0 aliphatic rings. The molecule has 0 aliphatic carbocycles. The van der Waals surface area contributed by atoms with Gasteiger partial charge in [-0.2, -0.15) is 0 Å². The third-order valence-electron chi connectivity index (χ3n) is 3.32. The highest BCUT2D eigenvalue weighted by atomic mass is 19.1. The summed E-state index contributed by atoms with van der Waals surface area (Å²) < 4.78 is 40.1. The SMILES string of the molecule is CN=C(NCCc1ccccc1F)NCc1cc(F)ccc1F. The maximum Gasteiger partial charge on any atom is 0.191 e. The van der Waals surface area contributed by atoms with E-state index in [1.807, 2.05) is 0 Å². The number of hydrogen-bond acceptors (Lipinski definition) is 1. The zero-order chi connectivity index (χ0) is 16.7. The van der Waals surface area contributed by atoms with Crippen molar-refractivity contribution in [2.24, 2.45) is 4.99 Å². The van der Waals surface area contributed by atoms with Crippen molar-refractivity contribution in [2.75, 3.05) is 13.6 Å². The van der Waals surface area contributed by atoms with Crippen molar-refractivity contribution >= 4 is 5.96 Å². The van der Waals surface area contributed by atoms with E-state index in [-0.39, 0.29) is 17.9 Å². The van der Waals surface area contributed by atoms with E-state index < -0.39 is 11.6 Å². The van der Waals surface area contributed by atoms with Crippen LogP contribution in [0, 0.1) is 17.5 Å². The Morgan fingerprint density at radius 3 is 2.43 bits per heavy atom. The molecule has 0 aliphatic heterocycles. The zero-order valence-corrected chi connectivity index (χ0v) is 12.7. The Balaban J connectivity index is 1.84. The van der Waals surface area contributed by atoms with Gasteiger partial charge in [0.05, 0.1) is 0 Å². The molecule has 23 heavy (non-hydrogen) atoms. The topological polar surface area (TPSA) is 36.4 Å². The summed E-state index contributed by atoms with van der Waals surface area (Å²) in [7, 11) is 1.57. The Hall–Kier alpha value is -2.50. The molecule has 0 bridgehead atoms. The van der Waals surface area contributed by atoms with E-state index in [0.29, 0.717) is 24.5 Å². The zero-order valence-electron chi connectivity index (χ0n) is 12.7. The van der Waals surface area contributed by atoms with Gasteiger partial charge in [-0.3, -0.25) is 4.99 Å². The molecular weight excluding hydrogens is 303 g/mol. The lowest BCUT2D eigenvalue weighted by atomic mass is 10.1. The summed E-state index contributed by atoms with van der Waals surface area (Å²) in [5.74, 6) is -0.796. The third-order valence-corrected chi connectivity index (χ3v) is 3.32. The van der Waals surface area contributed by atoms with Gasteiger partial charge in [0.2, 0.25) is 0 Å². The minimum absolute atomic E-state index is 0.100. The Labute approximate surface area is 133 Å². The van der Waals surface area contributed by atoms with Gasteiger partial charge in [-0.05, 0) is 36.2 Å². The Morgan fingerprint density at radius 1 is 0.957 bits per heavy atom. The van der Waals surface area contributed by atoms with Crippen molar-refractivity contribution in [3.8, 4) is 0 Å². The van der Waals surface area contributed by atoms with E-state index >= 15 is 0 Å². The van der Waals surface area contributed by atoms with Crippen LogP contribution in [-0.2, 0) is 13.0 Å². The van der Waals surface area contributed by atoms with Crippen LogP contribution in [0.3, 0.4) is 0 Å². The number of halogens is 3. The van der Waals surface area contributed by atoms with Gasteiger partial charge in [0.25, 0.3) is 0 Å². The standard InChI is InChI=1S/C17H18F3N3/c1-21-17(22-9-8-12-4-2-3-5-15(12)19)23-11-13-10-14(18)6-7-16(13)20/h2-7,10H,8-9,11H2,1H3,(H2,21,22,23). The van der Waals surface area contributed by atoms with Crippen molar-refractivity contribution in [3.05, 3.63) is 71.0 Å². The van der Waals surface area contributed by atoms with Crippen LogP contribution < -0.4 is 10.6 Å². The quantitative estimate of drug-likeness (QED) is 0.656. The second kappa shape index (κ2) is 8.22. The number of aliphatic imine (C=N–C) groups is 1. The highest BCUT2D eigenvalue weighted by Crippen LogP contribution is 2.09. The maximum absolute atomic E-state index is 13.5. The van der Waals surface area contributed by atoms with Crippen molar-refractivity contribution in [3.63, 3.8) is 0 Å². The smallest absolute Gasteiger partial charge is 0.191 e. The summed E-state index contributed by atoms with van der Waals surface area (Å²) in [6.45, 7) is 0.565. The number of guanidine groups is 1. The first-order valence-corrected chi connectivity index (χ1v) is 7.22. The van der Waals surface area contributed by atoms with E-state index in [9.17, 15) is 13.2 Å². The van der Waals surface area contributed by atoms with E-state index in [4.69, 9.17) is 0 Å². The normalized spacial score (nSPS) is 11.4. The summed E-state index contributed by atoms with van der Waals surface area (Å²) in [6, 6.07) is 9.83.